The van der Waals surface area contributed by atoms with Crippen LogP contribution in [0.4, 0.5) is 0 Å². The van der Waals surface area contributed by atoms with Crippen molar-refractivity contribution in [3.05, 3.63) is 0 Å². The minimum absolute atomic E-state index is 0.402. The topological polar surface area (TPSA) is 78.9 Å². The summed E-state index contributed by atoms with van der Waals surface area (Å²) in [5, 5.41) is 11.2. The van der Waals surface area contributed by atoms with Crippen LogP contribution in [0.15, 0.2) is 0 Å². The smallest absolute Gasteiger partial charge is 0.240 e. The number of primary amides is 1. The van der Waals surface area contributed by atoms with Crippen molar-refractivity contribution in [2.75, 3.05) is 13.1 Å². The van der Waals surface area contributed by atoms with Gasteiger partial charge in [-0.15, -0.1) is 0 Å². The van der Waals surface area contributed by atoms with Crippen molar-refractivity contribution in [2.45, 2.75) is 0 Å². The Morgan fingerprint density at radius 2 is 2.33 bits per heavy atom. The van der Waals surface area contributed by atoms with E-state index in [4.69, 9.17) is 11.0 Å². The zero-order valence-electron chi connectivity index (χ0n) is 4.85. The molecule has 0 aromatic rings. The number of amides is 1. The highest BCUT2D eigenvalue weighted by molar-refractivity contribution is 5.85. The van der Waals surface area contributed by atoms with Crippen molar-refractivity contribution in [3.8, 4) is 6.07 Å². The van der Waals surface area contributed by atoms with Crippen LogP contribution in [0, 0.1) is 16.7 Å². The first-order chi connectivity index (χ1) is 4.21. The fourth-order valence-corrected chi connectivity index (χ4v) is 0.683. The summed E-state index contributed by atoms with van der Waals surface area (Å²) in [6.45, 7) is 0.803. The lowest BCUT2D eigenvalue weighted by atomic mass is 9.83. The van der Waals surface area contributed by atoms with Crippen molar-refractivity contribution >= 4 is 5.91 Å². The van der Waals surface area contributed by atoms with E-state index in [9.17, 15) is 4.79 Å². The second-order valence-electron chi connectivity index (χ2n) is 2.16. The van der Waals surface area contributed by atoms with Gasteiger partial charge in [0.1, 0.15) is 0 Å². The summed E-state index contributed by atoms with van der Waals surface area (Å²) in [7, 11) is 0. The number of rotatable bonds is 1. The van der Waals surface area contributed by atoms with E-state index < -0.39 is 11.3 Å². The molecule has 1 amide bonds. The highest BCUT2D eigenvalue weighted by atomic mass is 16.1. The molecule has 1 aliphatic rings. The van der Waals surface area contributed by atoms with Gasteiger partial charge in [0, 0.05) is 13.1 Å². The zero-order valence-corrected chi connectivity index (χ0v) is 4.85. The number of hydrogen-bond donors (Lipinski definition) is 2. The number of nitrogens with two attached hydrogens (primary N) is 1. The normalized spacial score (nSPS) is 21.7. The van der Waals surface area contributed by atoms with Crippen molar-refractivity contribution in [1.29, 1.82) is 5.26 Å². The van der Waals surface area contributed by atoms with Gasteiger partial charge in [-0.1, -0.05) is 0 Å². The largest absolute Gasteiger partial charge is 0.368 e. The molecule has 0 atom stereocenters. The van der Waals surface area contributed by atoms with Crippen LogP contribution in [-0.2, 0) is 4.79 Å². The van der Waals surface area contributed by atoms with Gasteiger partial charge in [0.15, 0.2) is 5.41 Å². The molecule has 4 nitrogen and oxygen atoms in total. The van der Waals surface area contributed by atoms with Gasteiger partial charge in [0.05, 0.1) is 6.07 Å². The maximum absolute atomic E-state index is 10.5. The van der Waals surface area contributed by atoms with Gasteiger partial charge in [0.2, 0.25) is 5.91 Å². The predicted molar refractivity (Wildman–Crippen MR) is 30.1 cm³/mol. The molecule has 0 spiro atoms. The van der Waals surface area contributed by atoms with Crippen LogP contribution >= 0.6 is 0 Å². The molecule has 1 fully saturated rings. The molecule has 48 valence electrons. The predicted octanol–water partition coefficient (Wildman–Crippen LogP) is -1.42. The highest BCUT2D eigenvalue weighted by Gasteiger charge is 2.43. The second-order valence-corrected chi connectivity index (χ2v) is 2.16. The van der Waals surface area contributed by atoms with Gasteiger partial charge in [0.25, 0.3) is 0 Å². The molecular formula is C5H7N3O. The van der Waals surface area contributed by atoms with Crippen LogP contribution in [0.25, 0.3) is 0 Å². The van der Waals surface area contributed by atoms with Crippen molar-refractivity contribution in [2.24, 2.45) is 11.1 Å². The van der Waals surface area contributed by atoms with Gasteiger partial charge >= 0.3 is 0 Å². The van der Waals surface area contributed by atoms with E-state index in [2.05, 4.69) is 5.32 Å². The number of nitriles is 1. The number of carbonyl (C=O) groups is 1. The average Bonchev–Trinajstić information content (AvgIpc) is 1.62. The molecular weight excluding hydrogens is 118 g/mol. The van der Waals surface area contributed by atoms with Crippen molar-refractivity contribution in [3.63, 3.8) is 0 Å². The number of carbonyl (C=O) groups excluding carboxylic acids is 1. The third kappa shape index (κ3) is 0.661. The molecule has 1 heterocycles. The van der Waals surface area contributed by atoms with Crippen LogP contribution in [-0.4, -0.2) is 19.0 Å². The first-order valence-corrected chi connectivity index (χ1v) is 2.63. The molecule has 4 heteroatoms. The van der Waals surface area contributed by atoms with E-state index in [1.165, 1.54) is 0 Å². The molecule has 0 unspecified atom stereocenters. The Balaban J connectivity index is 2.71. The molecule has 3 N–H and O–H groups in total. The van der Waals surface area contributed by atoms with Crippen molar-refractivity contribution in [1.82, 2.24) is 5.32 Å². The molecule has 0 aromatic carbocycles. The third-order valence-electron chi connectivity index (χ3n) is 1.54. The van der Waals surface area contributed by atoms with E-state index in [1.54, 1.807) is 0 Å². The Hall–Kier alpha value is -1.08. The zero-order chi connectivity index (χ0) is 6.91. The molecule has 0 radical (unpaired) electrons. The van der Waals surface area contributed by atoms with Gasteiger partial charge in [-0.3, -0.25) is 4.79 Å². The Morgan fingerprint density at radius 3 is 2.33 bits per heavy atom. The second kappa shape index (κ2) is 1.71. The summed E-state index contributed by atoms with van der Waals surface area (Å²) in [5.74, 6) is -0.524. The van der Waals surface area contributed by atoms with Gasteiger partial charge in [-0.25, -0.2) is 0 Å². The van der Waals surface area contributed by atoms with E-state index in [0.717, 1.165) is 0 Å². The van der Waals surface area contributed by atoms with Crippen LogP contribution in [0.5, 0.6) is 0 Å². The first kappa shape index (κ1) is 6.05. The molecule has 0 aromatic heterocycles. The molecule has 1 aliphatic heterocycles. The molecule has 0 saturated carbocycles. The Morgan fingerprint density at radius 1 is 1.78 bits per heavy atom. The minimum Gasteiger partial charge on any atom is -0.368 e. The van der Waals surface area contributed by atoms with Crippen LogP contribution in [0.1, 0.15) is 0 Å². The summed E-state index contributed by atoms with van der Waals surface area (Å²) in [6.07, 6.45) is 0. The summed E-state index contributed by atoms with van der Waals surface area (Å²) < 4.78 is 0. The number of nitrogens with zero attached hydrogens (tertiary/aromatic N) is 1. The average molecular weight is 125 g/mol. The number of nitrogens with one attached hydrogen (secondary N) is 1. The van der Waals surface area contributed by atoms with Crippen LogP contribution in [0.3, 0.4) is 0 Å². The first-order valence-electron chi connectivity index (χ1n) is 2.63. The van der Waals surface area contributed by atoms with Crippen molar-refractivity contribution < 1.29 is 4.79 Å². The lowest BCUT2D eigenvalue weighted by Gasteiger charge is -2.32. The maximum Gasteiger partial charge on any atom is 0.240 e. The summed E-state index contributed by atoms with van der Waals surface area (Å²) in [4.78, 5) is 10.5. The molecule has 0 aliphatic carbocycles. The number of hydrogen-bond acceptors (Lipinski definition) is 3. The van der Waals surface area contributed by atoms with Crippen LogP contribution < -0.4 is 11.1 Å². The van der Waals surface area contributed by atoms with Gasteiger partial charge in [-0.05, 0) is 0 Å². The Bertz CT molecular complexity index is 177. The third-order valence-corrected chi connectivity index (χ3v) is 1.54. The highest BCUT2D eigenvalue weighted by Crippen LogP contribution is 2.19. The minimum atomic E-state index is -0.903. The molecule has 1 saturated heterocycles. The van der Waals surface area contributed by atoms with Gasteiger partial charge < -0.3 is 11.1 Å². The molecule has 0 bridgehead atoms. The summed E-state index contributed by atoms with van der Waals surface area (Å²) in [5.41, 5.74) is 4.04. The van der Waals surface area contributed by atoms with E-state index in [0.29, 0.717) is 13.1 Å². The molecule has 1 rings (SSSR count). The maximum atomic E-state index is 10.5. The molecule has 9 heavy (non-hydrogen) atoms. The van der Waals surface area contributed by atoms with Crippen LogP contribution in [0.2, 0.25) is 0 Å². The lowest BCUT2D eigenvalue weighted by Crippen LogP contribution is -2.59. The monoisotopic (exact) mass is 125 g/mol. The standard InChI is InChI=1S/C5H7N3O/c6-1-5(4(7)9)2-8-3-5/h8H,2-3H2,(H2,7,9). The summed E-state index contributed by atoms with van der Waals surface area (Å²) in [6, 6.07) is 1.88. The Kier molecular flexibility index (Phi) is 1.15. The van der Waals surface area contributed by atoms with E-state index in [1.807, 2.05) is 6.07 Å². The lowest BCUT2D eigenvalue weighted by molar-refractivity contribution is -0.126. The fourth-order valence-electron chi connectivity index (χ4n) is 0.683. The fraction of sp³-hybridized carbons (Fsp3) is 0.600. The summed E-state index contributed by atoms with van der Waals surface area (Å²) >= 11 is 0. The quantitative estimate of drug-likeness (QED) is 0.451. The van der Waals surface area contributed by atoms with Gasteiger partial charge in [-0.2, -0.15) is 5.26 Å². The van der Waals surface area contributed by atoms with E-state index >= 15 is 0 Å². The van der Waals surface area contributed by atoms with E-state index in [-0.39, 0.29) is 0 Å². The SMILES string of the molecule is N#CC1(C(N)=O)CNC1. The Labute approximate surface area is 52.6 Å².